The largest absolute Gasteiger partial charge is 0.494 e. The number of benzene rings is 4. The second kappa shape index (κ2) is 24.4. The molecule has 0 fully saturated rings. The molecular formula is C43H56N4O4. The van der Waals surface area contributed by atoms with Crippen molar-refractivity contribution in [1.82, 2.24) is 0 Å². The van der Waals surface area contributed by atoms with E-state index in [1.807, 2.05) is 97.1 Å². The van der Waals surface area contributed by atoms with E-state index in [1.165, 1.54) is 64.2 Å². The normalized spacial score (nSPS) is 11.3. The molecule has 4 aromatic rings. The van der Waals surface area contributed by atoms with Gasteiger partial charge in [-0.3, -0.25) is 0 Å². The van der Waals surface area contributed by atoms with Crippen molar-refractivity contribution in [1.29, 1.82) is 0 Å². The lowest BCUT2D eigenvalue weighted by Crippen LogP contribution is -2.04. The van der Waals surface area contributed by atoms with Crippen molar-refractivity contribution in [3.8, 4) is 23.0 Å². The van der Waals surface area contributed by atoms with E-state index < -0.39 is 0 Å². The molecule has 0 amide bonds. The lowest BCUT2D eigenvalue weighted by Gasteiger charge is -2.08. The van der Waals surface area contributed by atoms with Crippen molar-refractivity contribution in [3.05, 3.63) is 97.1 Å². The Bertz CT molecular complexity index is 1410. The van der Waals surface area contributed by atoms with Crippen molar-refractivity contribution in [3.63, 3.8) is 0 Å². The second-order valence-electron chi connectivity index (χ2n) is 12.7. The van der Waals surface area contributed by atoms with E-state index >= 15 is 0 Å². The van der Waals surface area contributed by atoms with Gasteiger partial charge in [-0.15, -0.1) is 0 Å². The maximum absolute atomic E-state index is 5.88. The Labute approximate surface area is 305 Å². The Kier molecular flexibility index (Phi) is 18.7. The molecule has 0 saturated heterocycles. The van der Waals surface area contributed by atoms with E-state index in [0.717, 1.165) is 78.2 Å². The molecule has 0 bridgehead atoms. The summed E-state index contributed by atoms with van der Waals surface area (Å²) in [5.41, 5.74) is 3.09. The van der Waals surface area contributed by atoms with Crippen LogP contribution < -0.4 is 18.9 Å². The minimum absolute atomic E-state index is 0.545. The first-order chi connectivity index (χ1) is 25.2. The summed E-state index contributed by atoms with van der Waals surface area (Å²) in [6.07, 6.45) is 15.8. The van der Waals surface area contributed by atoms with Gasteiger partial charge in [-0.1, -0.05) is 78.1 Å². The van der Waals surface area contributed by atoms with Crippen molar-refractivity contribution in [2.75, 3.05) is 26.4 Å². The number of hydrogen-bond acceptors (Lipinski definition) is 8. The smallest absolute Gasteiger partial charge is 0.119 e. The molecule has 8 heteroatoms. The number of hydrogen-bond donors (Lipinski definition) is 0. The first-order valence-corrected chi connectivity index (χ1v) is 19.0. The number of nitrogens with zero attached hydrogens (tertiary/aromatic N) is 4. The van der Waals surface area contributed by atoms with E-state index in [4.69, 9.17) is 18.9 Å². The molecule has 4 rings (SSSR count). The average molecular weight is 693 g/mol. The molecule has 0 heterocycles. The summed E-state index contributed by atoms with van der Waals surface area (Å²) in [6, 6.07) is 30.7. The summed E-state index contributed by atoms with van der Waals surface area (Å²) in [5, 5.41) is 17.4. The highest BCUT2D eigenvalue weighted by molar-refractivity contribution is 5.45. The lowest BCUT2D eigenvalue weighted by atomic mass is 10.1. The third-order valence-corrected chi connectivity index (χ3v) is 8.27. The second-order valence-corrected chi connectivity index (χ2v) is 12.7. The topological polar surface area (TPSA) is 86.4 Å². The monoisotopic (exact) mass is 692 g/mol. The van der Waals surface area contributed by atoms with Crippen LogP contribution in [0.4, 0.5) is 22.7 Å². The van der Waals surface area contributed by atoms with Crippen LogP contribution in [0.25, 0.3) is 0 Å². The van der Waals surface area contributed by atoms with Gasteiger partial charge < -0.3 is 18.9 Å². The number of ether oxygens (including phenoxy) is 4. The molecule has 0 aromatic heterocycles. The molecule has 8 nitrogen and oxygen atoms in total. The Hall–Kier alpha value is -4.72. The highest BCUT2D eigenvalue weighted by atomic mass is 16.5. The zero-order valence-corrected chi connectivity index (χ0v) is 30.7. The number of unbranched alkanes of at least 4 members (excludes halogenated alkanes) is 10. The average Bonchev–Trinajstić information content (AvgIpc) is 3.17. The van der Waals surface area contributed by atoms with Gasteiger partial charge in [0, 0.05) is 6.42 Å². The zero-order valence-electron chi connectivity index (χ0n) is 30.7. The Morgan fingerprint density at radius 2 is 0.529 bits per heavy atom. The predicted octanol–water partition coefficient (Wildman–Crippen LogP) is 13.8. The molecule has 0 aliphatic carbocycles. The molecule has 0 unspecified atom stereocenters. The molecule has 0 spiro atoms. The van der Waals surface area contributed by atoms with Crippen LogP contribution in [0.1, 0.15) is 97.3 Å². The highest BCUT2D eigenvalue weighted by Gasteiger charge is 2.01. The summed E-state index contributed by atoms with van der Waals surface area (Å²) < 4.78 is 23.5. The van der Waals surface area contributed by atoms with Crippen LogP contribution in [0.15, 0.2) is 118 Å². The standard InChI is InChI=1S/C43H56N4O4/c1-3-5-7-9-11-13-32-48-40-24-16-36(17-25-40)44-46-38-20-28-42(29-21-38)50-34-15-35-51-43-30-22-39(23-31-43)47-45-37-18-26-41(27-19-37)49-33-14-12-10-8-6-4-2/h16-31H,3-15,32-35H2,1-2H3. The molecule has 0 radical (unpaired) electrons. The maximum Gasteiger partial charge on any atom is 0.119 e. The SMILES string of the molecule is CCCCCCCCOc1ccc(N=Nc2ccc(OCCCOc3ccc(N=Nc4ccc(OCCCCCCCC)cc4)cc3)cc2)cc1. The fourth-order valence-electron chi connectivity index (χ4n) is 5.25. The molecule has 4 aromatic carbocycles. The highest BCUT2D eigenvalue weighted by Crippen LogP contribution is 2.25. The third-order valence-electron chi connectivity index (χ3n) is 8.27. The lowest BCUT2D eigenvalue weighted by molar-refractivity contribution is 0.247. The summed E-state index contributed by atoms with van der Waals surface area (Å²) >= 11 is 0. The summed E-state index contributed by atoms with van der Waals surface area (Å²) in [4.78, 5) is 0. The van der Waals surface area contributed by atoms with Gasteiger partial charge in [0.05, 0.1) is 49.2 Å². The van der Waals surface area contributed by atoms with Gasteiger partial charge in [-0.2, -0.15) is 20.5 Å². The molecule has 0 aliphatic heterocycles. The molecular weight excluding hydrogens is 636 g/mol. The molecule has 0 aliphatic rings. The van der Waals surface area contributed by atoms with Crippen LogP contribution in [-0.4, -0.2) is 26.4 Å². The van der Waals surface area contributed by atoms with Crippen molar-refractivity contribution in [2.45, 2.75) is 97.3 Å². The maximum atomic E-state index is 5.88. The van der Waals surface area contributed by atoms with E-state index in [-0.39, 0.29) is 0 Å². The summed E-state index contributed by atoms with van der Waals surface area (Å²) in [6.45, 7) is 7.08. The quantitative estimate of drug-likeness (QED) is 0.0484. The summed E-state index contributed by atoms with van der Waals surface area (Å²) in [5.74, 6) is 3.30. The summed E-state index contributed by atoms with van der Waals surface area (Å²) in [7, 11) is 0. The van der Waals surface area contributed by atoms with Crippen molar-refractivity contribution >= 4 is 22.7 Å². The van der Waals surface area contributed by atoms with Gasteiger partial charge in [0.2, 0.25) is 0 Å². The van der Waals surface area contributed by atoms with Crippen LogP contribution in [-0.2, 0) is 0 Å². The zero-order chi connectivity index (χ0) is 35.6. The van der Waals surface area contributed by atoms with Crippen LogP contribution in [0.2, 0.25) is 0 Å². The van der Waals surface area contributed by atoms with Crippen LogP contribution in [0.5, 0.6) is 23.0 Å². The van der Waals surface area contributed by atoms with Crippen LogP contribution in [0.3, 0.4) is 0 Å². The molecule has 0 N–H and O–H groups in total. The van der Waals surface area contributed by atoms with Gasteiger partial charge in [0.25, 0.3) is 0 Å². The van der Waals surface area contributed by atoms with Crippen molar-refractivity contribution < 1.29 is 18.9 Å². The minimum Gasteiger partial charge on any atom is -0.494 e. The van der Waals surface area contributed by atoms with Gasteiger partial charge in [0.1, 0.15) is 23.0 Å². The third kappa shape index (κ3) is 16.7. The fraction of sp³-hybridized carbons (Fsp3) is 0.442. The van der Waals surface area contributed by atoms with E-state index in [0.29, 0.717) is 13.2 Å². The number of rotatable bonds is 26. The van der Waals surface area contributed by atoms with E-state index in [1.54, 1.807) is 0 Å². The van der Waals surface area contributed by atoms with E-state index in [9.17, 15) is 0 Å². The molecule has 272 valence electrons. The molecule has 51 heavy (non-hydrogen) atoms. The first kappa shape index (κ1) is 39.1. The van der Waals surface area contributed by atoms with Gasteiger partial charge in [0.15, 0.2) is 0 Å². The van der Waals surface area contributed by atoms with Crippen molar-refractivity contribution in [2.24, 2.45) is 20.5 Å². The predicted molar refractivity (Wildman–Crippen MR) is 207 cm³/mol. The Morgan fingerprint density at radius 1 is 0.294 bits per heavy atom. The Balaban J connectivity index is 1.06. The van der Waals surface area contributed by atoms with Crippen LogP contribution in [0, 0.1) is 0 Å². The molecule has 0 atom stereocenters. The van der Waals surface area contributed by atoms with Gasteiger partial charge in [-0.05, 0) is 110 Å². The molecule has 0 saturated carbocycles. The fourth-order valence-corrected chi connectivity index (χ4v) is 5.25. The van der Waals surface area contributed by atoms with Gasteiger partial charge in [-0.25, -0.2) is 0 Å². The first-order valence-electron chi connectivity index (χ1n) is 19.0. The number of azo groups is 2. The Morgan fingerprint density at radius 3 is 0.804 bits per heavy atom. The minimum atomic E-state index is 0.545. The van der Waals surface area contributed by atoms with Crippen LogP contribution >= 0.6 is 0 Å². The van der Waals surface area contributed by atoms with Gasteiger partial charge >= 0.3 is 0 Å². The van der Waals surface area contributed by atoms with E-state index in [2.05, 4.69) is 34.3 Å².